The number of aromatic nitrogens is 1. The molecule has 0 aliphatic carbocycles. The first-order valence-electron chi connectivity index (χ1n) is 5.96. The Morgan fingerprint density at radius 3 is 2.58 bits per heavy atom. The summed E-state index contributed by atoms with van der Waals surface area (Å²) >= 11 is 0. The number of rotatable bonds is 2. The van der Waals surface area contributed by atoms with Crippen LogP contribution in [-0.4, -0.2) is 22.5 Å². The van der Waals surface area contributed by atoms with Crippen molar-refractivity contribution in [1.82, 2.24) is 4.98 Å². The number of Topliss-reactive ketones (excluding diaryl/α,β-unsaturated/α-hetero) is 1. The van der Waals surface area contributed by atoms with E-state index < -0.39 is 6.61 Å². The number of benzene rings is 2. The van der Waals surface area contributed by atoms with Crippen LogP contribution in [0.1, 0.15) is 15.9 Å². The molecule has 4 nitrogen and oxygen atoms in total. The molecule has 0 saturated heterocycles. The highest BCUT2D eigenvalue weighted by Crippen LogP contribution is 2.21. The average molecular weight is 254 g/mol. The van der Waals surface area contributed by atoms with Gasteiger partial charge >= 0.3 is 11.2 Å². The molecular weight excluding hydrogens is 242 g/mol. The van der Waals surface area contributed by atoms with Gasteiger partial charge in [0.05, 0.1) is 6.07 Å². The molecule has 0 unspecified atom stereocenters. The molecule has 0 radical (unpaired) electrons. The molecule has 0 fully saturated rings. The van der Waals surface area contributed by atoms with E-state index in [2.05, 4.69) is 4.98 Å². The Kier molecular flexibility index (Phi) is 2.72. The standard InChI is InChI=1S/C15H12NO3/c1-9-2-4-11-14(6-9)19-15-7-10(13(18)8-17)3-5-12(15)16-11/h2-7,17H,8H2,1H3/q+1. The third kappa shape index (κ3) is 2.06. The molecule has 0 amide bonds. The van der Waals surface area contributed by atoms with Gasteiger partial charge in [-0.25, -0.2) is 9.40 Å². The summed E-state index contributed by atoms with van der Waals surface area (Å²) < 4.78 is 5.77. The van der Waals surface area contributed by atoms with Gasteiger partial charge in [0.2, 0.25) is 0 Å². The summed E-state index contributed by atoms with van der Waals surface area (Å²) in [7, 11) is 0. The van der Waals surface area contributed by atoms with E-state index in [4.69, 9.17) is 9.52 Å². The van der Waals surface area contributed by atoms with Gasteiger partial charge in [-0.15, -0.1) is 0 Å². The smallest absolute Gasteiger partial charge is 0.379 e. The summed E-state index contributed by atoms with van der Waals surface area (Å²) in [6, 6.07) is 10.8. The van der Waals surface area contributed by atoms with Gasteiger partial charge in [0.1, 0.15) is 6.61 Å². The number of aliphatic hydroxyl groups is 1. The van der Waals surface area contributed by atoms with Gasteiger partial charge in [0.15, 0.2) is 16.8 Å². The fraction of sp³-hybridized carbons (Fsp3) is 0.133. The molecule has 0 atom stereocenters. The second kappa shape index (κ2) is 4.40. The van der Waals surface area contributed by atoms with Crippen LogP contribution in [0.2, 0.25) is 0 Å². The van der Waals surface area contributed by atoms with Gasteiger partial charge in [-0.1, -0.05) is 6.07 Å². The molecule has 0 aliphatic rings. The van der Waals surface area contributed by atoms with Gasteiger partial charge in [-0.2, -0.15) is 0 Å². The maximum absolute atomic E-state index is 11.5. The molecule has 0 spiro atoms. The topological polar surface area (TPSA) is 61.5 Å². The van der Waals surface area contributed by atoms with Crippen LogP contribution in [0.4, 0.5) is 0 Å². The number of fused-ring (bicyclic) bond motifs is 2. The molecule has 19 heavy (non-hydrogen) atoms. The molecular formula is C15H12NO3+. The Balaban J connectivity index is 2.27. The zero-order chi connectivity index (χ0) is 13.4. The highest BCUT2D eigenvalue weighted by atomic mass is 16.3. The fourth-order valence-electron chi connectivity index (χ4n) is 2.00. The highest BCUT2D eigenvalue weighted by Gasteiger charge is 2.16. The second-order valence-electron chi connectivity index (χ2n) is 4.45. The Bertz CT molecular complexity index is 796. The number of aliphatic hydroxyl groups excluding tert-OH is 1. The third-order valence-corrected chi connectivity index (χ3v) is 3.00. The van der Waals surface area contributed by atoms with Gasteiger partial charge in [0, 0.05) is 11.6 Å². The zero-order valence-electron chi connectivity index (χ0n) is 10.4. The molecule has 3 rings (SSSR count). The van der Waals surface area contributed by atoms with Crippen LogP contribution in [0.5, 0.6) is 0 Å². The minimum atomic E-state index is -0.508. The van der Waals surface area contributed by atoms with Crippen LogP contribution in [-0.2, 0) is 0 Å². The lowest BCUT2D eigenvalue weighted by Crippen LogP contribution is -2.03. The number of aryl methyl sites for hydroxylation is 1. The van der Waals surface area contributed by atoms with Crippen molar-refractivity contribution in [3.63, 3.8) is 0 Å². The summed E-state index contributed by atoms with van der Waals surface area (Å²) in [5.74, 6) is -0.332. The molecule has 1 aromatic heterocycles. The maximum Gasteiger partial charge on any atom is 0.379 e. The first kappa shape index (κ1) is 11.7. The summed E-state index contributed by atoms with van der Waals surface area (Å²) in [6.45, 7) is 1.47. The molecule has 0 bridgehead atoms. The van der Waals surface area contributed by atoms with Crippen LogP contribution in [0.15, 0.2) is 40.8 Å². The van der Waals surface area contributed by atoms with E-state index >= 15 is 0 Å². The predicted molar refractivity (Wildman–Crippen MR) is 72.1 cm³/mol. The van der Waals surface area contributed by atoms with Crippen molar-refractivity contribution in [3.05, 3.63) is 47.5 Å². The zero-order valence-corrected chi connectivity index (χ0v) is 10.4. The molecule has 4 heteroatoms. The largest absolute Gasteiger partial charge is 0.388 e. The van der Waals surface area contributed by atoms with Crippen LogP contribution in [0, 0.1) is 6.92 Å². The summed E-state index contributed by atoms with van der Waals surface area (Å²) in [4.78, 5) is 15.9. The van der Waals surface area contributed by atoms with Crippen molar-refractivity contribution >= 4 is 28.0 Å². The molecule has 2 aromatic carbocycles. The number of hydrogen-bond acceptors (Lipinski definition) is 3. The van der Waals surface area contributed by atoms with Crippen LogP contribution in [0.25, 0.3) is 22.2 Å². The van der Waals surface area contributed by atoms with E-state index in [1.165, 1.54) is 0 Å². The van der Waals surface area contributed by atoms with Gasteiger partial charge < -0.3 is 5.11 Å². The molecule has 1 heterocycles. The molecule has 94 valence electrons. The third-order valence-electron chi connectivity index (χ3n) is 3.00. The normalized spacial score (nSPS) is 11.1. The lowest BCUT2D eigenvalue weighted by Gasteiger charge is -1.96. The lowest BCUT2D eigenvalue weighted by molar-refractivity contribution is 0.0904. The Morgan fingerprint density at radius 1 is 1.16 bits per heavy atom. The minimum absolute atomic E-state index is 0.332. The predicted octanol–water partition coefficient (Wildman–Crippen LogP) is 2.75. The first-order chi connectivity index (χ1) is 9.17. The number of nitrogens with zero attached hydrogens (tertiary/aromatic N) is 1. The minimum Gasteiger partial charge on any atom is -0.388 e. The maximum atomic E-state index is 11.5. The summed E-state index contributed by atoms with van der Waals surface area (Å²) in [5, 5.41) is 8.87. The SMILES string of the molecule is Cc1ccc2nc3ccc(C(=O)CO)cc3[o+]c2c1. The average Bonchev–Trinajstić information content (AvgIpc) is 2.43. The van der Waals surface area contributed by atoms with Crippen molar-refractivity contribution in [2.45, 2.75) is 6.92 Å². The quantitative estimate of drug-likeness (QED) is 0.434. The number of carbonyl (C=O) groups excluding carboxylic acids is 1. The van der Waals surface area contributed by atoms with Crippen LogP contribution in [0.3, 0.4) is 0 Å². The fourth-order valence-corrected chi connectivity index (χ4v) is 2.00. The van der Waals surface area contributed by atoms with Crippen molar-refractivity contribution in [2.24, 2.45) is 0 Å². The number of hydrogen-bond donors (Lipinski definition) is 1. The van der Waals surface area contributed by atoms with Crippen LogP contribution >= 0.6 is 0 Å². The van der Waals surface area contributed by atoms with E-state index in [1.54, 1.807) is 18.2 Å². The molecule has 0 aliphatic heterocycles. The van der Waals surface area contributed by atoms with Gasteiger partial charge in [-0.3, -0.25) is 4.79 Å². The Labute approximate surface area is 109 Å². The van der Waals surface area contributed by atoms with Crippen molar-refractivity contribution in [3.8, 4) is 0 Å². The molecule has 0 saturated carbocycles. The summed E-state index contributed by atoms with van der Waals surface area (Å²) in [6.07, 6.45) is 0. The molecule has 1 N–H and O–H groups in total. The molecule has 3 aromatic rings. The summed E-state index contributed by atoms with van der Waals surface area (Å²) in [5.41, 5.74) is 4.19. The van der Waals surface area contributed by atoms with E-state index in [0.717, 1.165) is 11.1 Å². The van der Waals surface area contributed by atoms with Crippen LogP contribution < -0.4 is 0 Å². The lowest BCUT2D eigenvalue weighted by atomic mass is 10.1. The van der Waals surface area contributed by atoms with Crippen molar-refractivity contribution in [1.29, 1.82) is 0 Å². The van der Waals surface area contributed by atoms with E-state index in [9.17, 15) is 4.79 Å². The van der Waals surface area contributed by atoms with Crippen molar-refractivity contribution in [2.75, 3.05) is 6.61 Å². The monoisotopic (exact) mass is 254 g/mol. The highest BCUT2D eigenvalue weighted by molar-refractivity contribution is 5.99. The second-order valence-corrected chi connectivity index (χ2v) is 4.45. The Hall–Kier alpha value is -2.33. The Morgan fingerprint density at radius 2 is 1.84 bits per heavy atom. The number of ketones is 1. The first-order valence-corrected chi connectivity index (χ1v) is 5.96. The van der Waals surface area contributed by atoms with Gasteiger partial charge in [0.25, 0.3) is 0 Å². The number of carbonyl (C=O) groups is 1. The van der Waals surface area contributed by atoms with Crippen molar-refractivity contribution < 1.29 is 14.3 Å². The van der Waals surface area contributed by atoms with E-state index in [1.807, 2.05) is 25.1 Å². The van der Waals surface area contributed by atoms with E-state index in [-0.39, 0.29) is 5.78 Å². The van der Waals surface area contributed by atoms with E-state index in [0.29, 0.717) is 22.2 Å². The van der Waals surface area contributed by atoms with Gasteiger partial charge in [-0.05, 0) is 30.7 Å².